The van der Waals surface area contributed by atoms with Gasteiger partial charge in [0, 0.05) is 12.5 Å². The SMILES string of the molecule is Nc1cnc(-c2coc3cc(OC(=O)C(Cc4ccccc4)NC(=O)OCc4ccccc4)ccc3c2=O)[nH]1. The Hall–Kier alpha value is -5.38. The second kappa shape index (κ2) is 11.3. The third-order valence-electron chi connectivity index (χ3n) is 5.89. The molecule has 0 radical (unpaired) electrons. The minimum absolute atomic E-state index is 0.0517. The topological polar surface area (TPSA) is 150 Å². The number of alkyl carbamates (subject to hydrolysis) is 1. The van der Waals surface area contributed by atoms with E-state index in [0.29, 0.717) is 5.82 Å². The third-order valence-corrected chi connectivity index (χ3v) is 5.89. The number of ether oxygens (including phenoxy) is 2. The molecule has 0 aliphatic carbocycles. The molecule has 0 fully saturated rings. The zero-order chi connectivity index (χ0) is 27.2. The number of H-pyrrole nitrogens is 1. The maximum atomic E-state index is 13.2. The number of nitrogens with one attached hydrogen (secondary N) is 2. The number of aromatic amines is 1. The molecule has 0 aliphatic rings. The van der Waals surface area contributed by atoms with Gasteiger partial charge >= 0.3 is 12.1 Å². The predicted molar refractivity (Wildman–Crippen MR) is 144 cm³/mol. The second-order valence-electron chi connectivity index (χ2n) is 8.69. The number of benzene rings is 3. The van der Waals surface area contributed by atoms with Gasteiger partial charge in [-0.05, 0) is 23.3 Å². The largest absolute Gasteiger partial charge is 0.463 e. The number of esters is 1. The van der Waals surface area contributed by atoms with Crippen LogP contribution in [0.3, 0.4) is 0 Å². The number of carbonyl (C=O) groups is 2. The molecule has 10 nitrogen and oxygen atoms in total. The second-order valence-corrected chi connectivity index (χ2v) is 8.69. The van der Waals surface area contributed by atoms with Gasteiger partial charge in [-0.25, -0.2) is 14.6 Å². The molecule has 4 N–H and O–H groups in total. The Morgan fingerprint density at radius 3 is 2.41 bits per heavy atom. The minimum atomic E-state index is -1.04. The van der Waals surface area contributed by atoms with Gasteiger partial charge in [0.2, 0.25) is 5.43 Å². The lowest BCUT2D eigenvalue weighted by molar-refractivity contribution is -0.136. The molecular weight excluding hydrogens is 500 g/mol. The summed E-state index contributed by atoms with van der Waals surface area (Å²) in [6.07, 6.45) is 2.08. The zero-order valence-electron chi connectivity index (χ0n) is 20.6. The van der Waals surface area contributed by atoms with E-state index in [2.05, 4.69) is 15.3 Å². The van der Waals surface area contributed by atoms with Crippen LogP contribution in [0.5, 0.6) is 5.75 Å². The Labute approximate surface area is 222 Å². The van der Waals surface area contributed by atoms with Gasteiger partial charge in [-0.1, -0.05) is 60.7 Å². The van der Waals surface area contributed by atoms with Gasteiger partial charge in [-0.15, -0.1) is 0 Å². The highest BCUT2D eigenvalue weighted by Gasteiger charge is 2.25. The predicted octanol–water partition coefficient (Wildman–Crippen LogP) is 4.21. The molecule has 1 amide bonds. The molecule has 0 aliphatic heterocycles. The highest BCUT2D eigenvalue weighted by Crippen LogP contribution is 2.23. The average Bonchev–Trinajstić information content (AvgIpc) is 3.38. The van der Waals surface area contributed by atoms with Crippen LogP contribution >= 0.6 is 0 Å². The standard InChI is InChI=1S/C29H24N4O6/c30-25-15-31-27(33-25)22-17-37-24-14-20(11-12-21(24)26(22)34)39-28(35)23(13-18-7-3-1-4-8-18)32-29(36)38-16-19-9-5-2-6-10-19/h1-12,14-15,17,23H,13,16,30H2,(H,31,33)(H,32,36). The Kier molecular flexibility index (Phi) is 7.35. The lowest BCUT2D eigenvalue weighted by Crippen LogP contribution is -2.44. The van der Waals surface area contributed by atoms with E-state index in [-0.39, 0.29) is 46.6 Å². The monoisotopic (exact) mass is 524 g/mol. The highest BCUT2D eigenvalue weighted by atomic mass is 16.6. The van der Waals surface area contributed by atoms with Gasteiger partial charge in [0.25, 0.3) is 0 Å². The summed E-state index contributed by atoms with van der Waals surface area (Å²) in [6.45, 7) is 0.0517. The Bertz CT molecular complexity index is 1660. The molecule has 5 rings (SSSR count). The normalized spacial score (nSPS) is 11.6. The molecule has 1 unspecified atom stereocenters. The molecule has 10 heteroatoms. The van der Waals surface area contributed by atoms with Crippen LogP contribution in [0, 0.1) is 0 Å². The summed E-state index contributed by atoms with van der Waals surface area (Å²) >= 11 is 0. The highest BCUT2D eigenvalue weighted by molar-refractivity contribution is 5.85. The van der Waals surface area contributed by atoms with Crippen LogP contribution in [0.15, 0.2) is 101 Å². The summed E-state index contributed by atoms with van der Waals surface area (Å²) in [4.78, 5) is 45.5. The number of rotatable bonds is 8. The van der Waals surface area contributed by atoms with E-state index in [1.54, 1.807) is 0 Å². The summed E-state index contributed by atoms with van der Waals surface area (Å²) in [6, 6.07) is 21.8. The van der Waals surface area contributed by atoms with E-state index in [1.165, 1.54) is 30.7 Å². The summed E-state index contributed by atoms with van der Waals surface area (Å²) < 4.78 is 16.5. The number of nitrogens with two attached hydrogens (primary N) is 1. The van der Waals surface area contributed by atoms with Crippen LogP contribution in [0.4, 0.5) is 10.6 Å². The first-order valence-corrected chi connectivity index (χ1v) is 12.1. The van der Waals surface area contributed by atoms with Crippen molar-refractivity contribution in [3.05, 3.63) is 113 Å². The van der Waals surface area contributed by atoms with Gasteiger partial charge in [-0.3, -0.25) is 4.79 Å². The van der Waals surface area contributed by atoms with Crippen LogP contribution < -0.4 is 21.2 Å². The third kappa shape index (κ3) is 6.13. The van der Waals surface area contributed by atoms with E-state index >= 15 is 0 Å². The molecule has 2 aromatic heterocycles. The fourth-order valence-corrected chi connectivity index (χ4v) is 3.95. The van der Waals surface area contributed by atoms with Crippen LogP contribution in [-0.2, 0) is 22.6 Å². The molecule has 1 atom stereocenters. The van der Waals surface area contributed by atoms with Crippen molar-refractivity contribution in [2.24, 2.45) is 0 Å². The molecule has 196 valence electrons. The smallest absolute Gasteiger partial charge is 0.408 e. The molecule has 5 aromatic rings. The van der Waals surface area contributed by atoms with Crippen molar-refractivity contribution in [3.8, 4) is 17.1 Å². The van der Waals surface area contributed by atoms with E-state index in [1.807, 2.05) is 60.7 Å². The summed E-state index contributed by atoms with van der Waals surface area (Å²) in [5, 5.41) is 2.87. The first kappa shape index (κ1) is 25.3. The van der Waals surface area contributed by atoms with Crippen molar-refractivity contribution in [2.45, 2.75) is 19.1 Å². The summed E-state index contributed by atoms with van der Waals surface area (Å²) in [7, 11) is 0. The van der Waals surface area contributed by atoms with Gasteiger partial charge in [0.05, 0.1) is 11.6 Å². The van der Waals surface area contributed by atoms with E-state index < -0.39 is 18.1 Å². The Morgan fingerprint density at radius 1 is 1.00 bits per heavy atom. The zero-order valence-corrected chi connectivity index (χ0v) is 20.6. The van der Waals surface area contributed by atoms with Crippen LogP contribution in [0.25, 0.3) is 22.4 Å². The number of imidazole rings is 1. The van der Waals surface area contributed by atoms with E-state index in [4.69, 9.17) is 19.6 Å². The molecule has 0 bridgehead atoms. The van der Waals surface area contributed by atoms with Crippen molar-refractivity contribution in [1.82, 2.24) is 15.3 Å². The molecule has 2 heterocycles. The van der Waals surface area contributed by atoms with Gasteiger partial charge in [-0.2, -0.15) is 0 Å². The molecule has 0 spiro atoms. The number of aromatic nitrogens is 2. The first-order chi connectivity index (χ1) is 19.0. The number of hydrogen-bond donors (Lipinski definition) is 3. The van der Waals surface area contributed by atoms with E-state index in [0.717, 1.165) is 11.1 Å². The number of nitrogen functional groups attached to an aromatic ring is 1. The number of amides is 1. The van der Waals surface area contributed by atoms with Crippen molar-refractivity contribution in [3.63, 3.8) is 0 Å². The molecule has 0 saturated heterocycles. The lowest BCUT2D eigenvalue weighted by atomic mass is 10.1. The number of anilines is 1. The Morgan fingerprint density at radius 2 is 1.72 bits per heavy atom. The fraction of sp³-hybridized carbons (Fsp3) is 0.103. The van der Waals surface area contributed by atoms with Crippen LogP contribution in [0.1, 0.15) is 11.1 Å². The van der Waals surface area contributed by atoms with Crippen LogP contribution in [0.2, 0.25) is 0 Å². The first-order valence-electron chi connectivity index (χ1n) is 12.1. The number of carbonyl (C=O) groups excluding carboxylic acids is 2. The van der Waals surface area contributed by atoms with Crippen molar-refractivity contribution < 1.29 is 23.5 Å². The van der Waals surface area contributed by atoms with E-state index in [9.17, 15) is 14.4 Å². The fourth-order valence-electron chi connectivity index (χ4n) is 3.95. The average molecular weight is 525 g/mol. The lowest BCUT2D eigenvalue weighted by Gasteiger charge is -2.18. The maximum absolute atomic E-state index is 13.2. The molecule has 3 aromatic carbocycles. The van der Waals surface area contributed by atoms with Crippen molar-refractivity contribution >= 4 is 28.8 Å². The minimum Gasteiger partial charge on any atom is -0.463 e. The summed E-state index contributed by atoms with van der Waals surface area (Å²) in [5.41, 5.74) is 7.39. The molecular formula is C29H24N4O6. The van der Waals surface area contributed by atoms with Crippen molar-refractivity contribution in [2.75, 3.05) is 5.73 Å². The molecule has 39 heavy (non-hydrogen) atoms. The van der Waals surface area contributed by atoms with Crippen molar-refractivity contribution in [1.29, 1.82) is 0 Å². The Balaban J connectivity index is 1.32. The number of fused-ring (bicyclic) bond motifs is 1. The number of nitrogens with zero attached hydrogens (tertiary/aromatic N) is 1. The molecule has 0 saturated carbocycles. The number of hydrogen-bond acceptors (Lipinski definition) is 8. The van der Waals surface area contributed by atoms with Crippen LogP contribution in [-0.4, -0.2) is 28.1 Å². The van der Waals surface area contributed by atoms with Gasteiger partial charge < -0.3 is 29.9 Å². The van der Waals surface area contributed by atoms with Gasteiger partial charge in [0.1, 0.15) is 47.5 Å². The summed E-state index contributed by atoms with van der Waals surface area (Å²) in [5.74, 6) is 0.0325. The maximum Gasteiger partial charge on any atom is 0.408 e. The van der Waals surface area contributed by atoms with Gasteiger partial charge in [0.15, 0.2) is 0 Å². The quantitative estimate of drug-likeness (QED) is 0.202.